The van der Waals surface area contributed by atoms with Crippen LogP contribution in [0.1, 0.15) is 27.7 Å². The van der Waals surface area contributed by atoms with E-state index >= 15 is 0 Å². The van der Waals surface area contributed by atoms with Crippen molar-refractivity contribution in [2.45, 2.75) is 46.2 Å². The molecule has 1 aliphatic rings. The second-order valence-corrected chi connectivity index (χ2v) is 7.42. The van der Waals surface area contributed by atoms with Crippen molar-refractivity contribution in [1.29, 1.82) is 0 Å². The van der Waals surface area contributed by atoms with E-state index in [-0.39, 0.29) is 24.2 Å². The molecular formula is C22H26O7. The highest BCUT2D eigenvalue weighted by Crippen LogP contribution is 2.38. The van der Waals surface area contributed by atoms with Crippen LogP contribution in [0.5, 0.6) is 11.5 Å². The summed E-state index contributed by atoms with van der Waals surface area (Å²) in [6.45, 7) is 6.42. The predicted octanol–water partition coefficient (Wildman–Crippen LogP) is 3.42. The maximum absolute atomic E-state index is 11.5. The van der Waals surface area contributed by atoms with E-state index < -0.39 is 30.4 Å². The van der Waals surface area contributed by atoms with Gasteiger partial charge in [0, 0.05) is 25.7 Å². The van der Waals surface area contributed by atoms with Gasteiger partial charge in [0.15, 0.2) is 11.5 Å². The van der Waals surface area contributed by atoms with E-state index in [4.69, 9.17) is 18.9 Å². The van der Waals surface area contributed by atoms with Crippen LogP contribution in [0, 0.1) is 11.8 Å². The Morgan fingerprint density at radius 3 is 2.31 bits per heavy atom. The zero-order chi connectivity index (χ0) is 21.1. The first kappa shape index (κ1) is 20.9. The second-order valence-electron chi connectivity index (χ2n) is 7.42. The number of rotatable bonds is 5. The number of esters is 2. The van der Waals surface area contributed by atoms with Gasteiger partial charge in [-0.1, -0.05) is 38.1 Å². The molecule has 0 amide bonds. The number of hydrogen-bond acceptors (Lipinski definition) is 7. The van der Waals surface area contributed by atoms with Crippen LogP contribution in [-0.2, 0) is 23.8 Å². The highest BCUT2D eigenvalue weighted by molar-refractivity contribution is 5.85. The normalized spacial score (nSPS) is 26.7. The van der Waals surface area contributed by atoms with E-state index in [0.717, 1.165) is 10.8 Å². The fourth-order valence-corrected chi connectivity index (χ4v) is 3.53. The highest BCUT2D eigenvalue weighted by Gasteiger charge is 2.45. The summed E-state index contributed by atoms with van der Waals surface area (Å²) in [5, 5.41) is 12.2. The number of carbonyl (C=O) groups is 2. The lowest BCUT2D eigenvalue weighted by molar-refractivity contribution is -0.248. The Morgan fingerprint density at radius 1 is 1.03 bits per heavy atom. The molecule has 0 saturated carbocycles. The summed E-state index contributed by atoms with van der Waals surface area (Å²) in [5.41, 5.74) is 0. The molecule has 0 unspecified atom stereocenters. The number of aromatic hydroxyl groups is 1. The summed E-state index contributed by atoms with van der Waals surface area (Å²) < 4.78 is 22.6. The monoisotopic (exact) mass is 402 g/mol. The zero-order valence-corrected chi connectivity index (χ0v) is 17.0. The average molecular weight is 402 g/mol. The second kappa shape index (κ2) is 8.69. The van der Waals surface area contributed by atoms with E-state index in [1.807, 2.05) is 38.1 Å². The van der Waals surface area contributed by atoms with Crippen LogP contribution in [0.3, 0.4) is 0 Å². The lowest BCUT2D eigenvalue weighted by Crippen LogP contribution is -2.54. The van der Waals surface area contributed by atoms with E-state index in [1.54, 1.807) is 12.1 Å². The third-order valence-corrected chi connectivity index (χ3v) is 5.28. The molecule has 5 atom stereocenters. The number of carbonyl (C=O) groups excluding carboxylic acids is 2. The highest BCUT2D eigenvalue weighted by atomic mass is 16.7. The molecule has 156 valence electrons. The summed E-state index contributed by atoms with van der Waals surface area (Å²) >= 11 is 0. The molecule has 29 heavy (non-hydrogen) atoms. The quantitative estimate of drug-likeness (QED) is 0.766. The molecule has 1 aliphatic heterocycles. The predicted molar refractivity (Wildman–Crippen MR) is 105 cm³/mol. The summed E-state index contributed by atoms with van der Waals surface area (Å²) in [4.78, 5) is 22.8. The Balaban J connectivity index is 1.84. The molecule has 2 aromatic rings. The molecule has 0 spiro atoms. The van der Waals surface area contributed by atoms with Gasteiger partial charge in [0.1, 0.15) is 18.8 Å². The average Bonchev–Trinajstić information content (AvgIpc) is 2.66. The minimum Gasteiger partial charge on any atom is -0.504 e. The van der Waals surface area contributed by atoms with Gasteiger partial charge in [-0.15, -0.1) is 0 Å². The maximum atomic E-state index is 11.5. The fraction of sp³-hybridized carbons (Fsp3) is 0.455. The van der Waals surface area contributed by atoms with Gasteiger partial charge in [0.25, 0.3) is 0 Å². The topological polar surface area (TPSA) is 91.3 Å². The van der Waals surface area contributed by atoms with Crippen molar-refractivity contribution in [2.24, 2.45) is 11.8 Å². The number of benzene rings is 2. The van der Waals surface area contributed by atoms with Gasteiger partial charge < -0.3 is 24.1 Å². The Hall–Kier alpha value is -2.80. The van der Waals surface area contributed by atoms with Gasteiger partial charge in [-0.05, 0) is 22.9 Å². The third kappa shape index (κ3) is 4.79. The molecule has 1 N–H and O–H groups in total. The van der Waals surface area contributed by atoms with Crippen LogP contribution in [0.2, 0.25) is 0 Å². The summed E-state index contributed by atoms with van der Waals surface area (Å²) in [6.07, 6.45) is -1.97. The van der Waals surface area contributed by atoms with Crippen LogP contribution in [0.25, 0.3) is 10.8 Å². The third-order valence-electron chi connectivity index (χ3n) is 5.28. The first-order valence-electron chi connectivity index (χ1n) is 9.60. The van der Waals surface area contributed by atoms with Crippen molar-refractivity contribution in [3.63, 3.8) is 0 Å². The van der Waals surface area contributed by atoms with Crippen molar-refractivity contribution in [3.8, 4) is 11.5 Å². The Morgan fingerprint density at radius 2 is 1.69 bits per heavy atom. The van der Waals surface area contributed by atoms with E-state index in [1.165, 1.54) is 13.8 Å². The molecule has 1 saturated heterocycles. The maximum Gasteiger partial charge on any atom is 0.303 e. The molecule has 1 fully saturated rings. The molecule has 7 nitrogen and oxygen atoms in total. The standard InChI is InChI=1S/C22H26O7/c1-12-13(2)22(29-20(11-26-14(3)23)21(12)27-15(4)24)28-19-10-17-8-6-5-7-16(17)9-18(19)25/h5-10,12-13,20-22,25H,11H2,1-4H3/t12-,13-,20-,21-,22-/m1/s1. The summed E-state index contributed by atoms with van der Waals surface area (Å²) in [7, 11) is 0. The van der Waals surface area contributed by atoms with E-state index in [9.17, 15) is 14.7 Å². The molecule has 1 heterocycles. The van der Waals surface area contributed by atoms with Gasteiger partial charge in [-0.3, -0.25) is 9.59 Å². The molecule has 0 bridgehead atoms. The van der Waals surface area contributed by atoms with Crippen LogP contribution >= 0.6 is 0 Å². The zero-order valence-electron chi connectivity index (χ0n) is 17.0. The van der Waals surface area contributed by atoms with E-state index in [2.05, 4.69) is 0 Å². The number of ether oxygens (including phenoxy) is 4. The molecule has 2 aromatic carbocycles. The van der Waals surface area contributed by atoms with Crippen molar-refractivity contribution in [1.82, 2.24) is 0 Å². The van der Waals surface area contributed by atoms with E-state index in [0.29, 0.717) is 5.75 Å². The van der Waals surface area contributed by atoms with Crippen LogP contribution < -0.4 is 4.74 Å². The smallest absolute Gasteiger partial charge is 0.303 e. The van der Waals surface area contributed by atoms with Gasteiger partial charge in [0.05, 0.1) is 0 Å². The first-order valence-corrected chi connectivity index (χ1v) is 9.60. The van der Waals surface area contributed by atoms with Gasteiger partial charge >= 0.3 is 11.9 Å². The van der Waals surface area contributed by atoms with Crippen molar-refractivity contribution >= 4 is 22.7 Å². The minimum absolute atomic E-state index is 0.00537. The Labute approximate surface area is 169 Å². The van der Waals surface area contributed by atoms with Gasteiger partial charge in [-0.25, -0.2) is 0 Å². The lowest BCUT2D eigenvalue weighted by atomic mass is 9.84. The number of phenolic OH excluding ortho intramolecular Hbond substituents is 1. The number of phenols is 1. The minimum atomic E-state index is -0.718. The first-order chi connectivity index (χ1) is 13.8. The number of hydrogen-bond donors (Lipinski definition) is 1. The SMILES string of the molecule is CC(=O)OC[C@H]1O[C@@H](Oc2cc3ccccc3cc2O)[C@H](C)[C@@H](C)[C@H]1OC(C)=O. The summed E-state index contributed by atoms with van der Waals surface area (Å²) in [5.74, 6) is -0.863. The van der Waals surface area contributed by atoms with Crippen LogP contribution in [-0.4, -0.2) is 42.1 Å². The molecule has 0 aliphatic carbocycles. The Kier molecular flexibility index (Phi) is 6.27. The van der Waals surface area contributed by atoms with Crippen LogP contribution in [0.15, 0.2) is 36.4 Å². The molecule has 7 heteroatoms. The van der Waals surface area contributed by atoms with Crippen molar-refractivity contribution in [3.05, 3.63) is 36.4 Å². The summed E-state index contributed by atoms with van der Waals surface area (Å²) in [6, 6.07) is 11.0. The van der Waals surface area contributed by atoms with Crippen molar-refractivity contribution < 1.29 is 33.6 Å². The fourth-order valence-electron chi connectivity index (χ4n) is 3.53. The molecule has 0 radical (unpaired) electrons. The largest absolute Gasteiger partial charge is 0.504 e. The lowest BCUT2D eigenvalue weighted by Gasteiger charge is -2.43. The molecular weight excluding hydrogens is 376 g/mol. The molecule has 0 aromatic heterocycles. The Bertz CT molecular complexity index is 894. The van der Waals surface area contributed by atoms with Gasteiger partial charge in [0.2, 0.25) is 6.29 Å². The van der Waals surface area contributed by atoms with Gasteiger partial charge in [-0.2, -0.15) is 0 Å². The van der Waals surface area contributed by atoms with Crippen LogP contribution in [0.4, 0.5) is 0 Å². The van der Waals surface area contributed by atoms with Crippen molar-refractivity contribution in [2.75, 3.05) is 6.61 Å². The molecule has 3 rings (SSSR count). The number of fused-ring (bicyclic) bond motifs is 1.